The van der Waals surface area contributed by atoms with E-state index in [0.29, 0.717) is 5.56 Å². The van der Waals surface area contributed by atoms with Gasteiger partial charge in [-0.15, -0.1) is 0 Å². The van der Waals surface area contributed by atoms with E-state index in [9.17, 15) is 5.11 Å². The molecule has 2 heterocycles. The van der Waals surface area contributed by atoms with Crippen LogP contribution in [-0.2, 0) is 5.41 Å². The quantitative estimate of drug-likeness (QED) is 0.297. The number of hydrogen-bond donors (Lipinski definition) is 1. The van der Waals surface area contributed by atoms with Crippen LogP contribution in [0.15, 0.2) is 109 Å². The van der Waals surface area contributed by atoms with E-state index in [2.05, 4.69) is 74.3 Å². The molecule has 35 heavy (non-hydrogen) atoms. The largest absolute Gasteiger partial charge is 0.507 e. The van der Waals surface area contributed by atoms with Crippen molar-refractivity contribution in [3.63, 3.8) is 0 Å². The highest BCUT2D eigenvalue weighted by atomic mass is 16.3. The van der Waals surface area contributed by atoms with Crippen molar-refractivity contribution in [3.05, 3.63) is 115 Å². The van der Waals surface area contributed by atoms with Gasteiger partial charge in [-0.3, -0.25) is 4.98 Å². The molecule has 3 aromatic carbocycles. The fourth-order valence-corrected chi connectivity index (χ4v) is 4.21. The van der Waals surface area contributed by atoms with Crippen LogP contribution >= 0.6 is 0 Å². The summed E-state index contributed by atoms with van der Waals surface area (Å²) in [7, 11) is 0. The molecule has 5 aromatic rings. The number of aromatic hydroxyl groups is 1. The molecule has 1 N–H and O–H groups in total. The summed E-state index contributed by atoms with van der Waals surface area (Å²) in [5, 5.41) is 10.6. The van der Waals surface area contributed by atoms with E-state index in [4.69, 9.17) is 4.98 Å². The van der Waals surface area contributed by atoms with Gasteiger partial charge >= 0.3 is 0 Å². The molecular weight excluding hydrogens is 428 g/mol. The van der Waals surface area contributed by atoms with Crippen LogP contribution in [0, 0.1) is 0 Å². The summed E-state index contributed by atoms with van der Waals surface area (Å²) in [5.74, 6) is 0.216. The molecule has 5 rings (SSSR count). The second-order valence-electron chi connectivity index (χ2n) is 9.77. The highest BCUT2D eigenvalue weighted by Gasteiger charge is 2.15. The maximum atomic E-state index is 10.6. The van der Waals surface area contributed by atoms with Crippen LogP contribution in [0.5, 0.6) is 5.75 Å². The predicted octanol–water partition coefficient (Wildman–Crippen LogP) is 8.15. The van der Waals surface area contributed by atoms with Gasteiger partial charge in [0.2, 0.25) is 0 Å². The molecule has 172 valence electrons. The molecule has 0 saturated carbocycles. The summed E-state index contributed by atoms with van der Waals surface area (Å²) in [5.41, 5.74) is 8.79. The number of rotatable bonds is 4. The molecule has 0 atom stereocenters. The van der Waals surface area contributed by atoms with Gasteiger partial charge in [-0.2, -0.15) is 0 Å². The molecule has 0 spiro atoms. The van der Waals surface area contributed by atoms with E-state index in [-0.39, 0.29) is 11.2 Å². The van der Waals surface area contributed by atoms with Gasteiger partial charge in [0, 0.05) is 22.9 Å². The van der Waals surface area contributed by atoms with E-state index >= 15 is 0 Å². The first-order chi connectivity index (χ1) is 16.9. The van der Waals surface area contributed by atoms with Crippen molar-refractivity contribution in [2.24, 2.45) is 0 Å². The molecule has 0 saturated heterocycles. The van der Waals surface area contributed by atoms with Crippen molar-refractivity contribution in [1.82, 2.24) is 9.97 Å². The number of phenols is 1. The fraction of sp³-hybridized carbons (Fsp3) is 0.125. The van der Waals surface area contributed by atoms with Crippen LogP contribution in [0.3, 0.4) is 0 Å². The molecular formula is C32H28N2O. The van der Waals surface area contributed by atoms with Crippen LogP contribution < -0.4 is 0 Å². The first-order valence-electron chi connectivity index (χ1n) is 11.8. The molecule has 0 unspecified atom stereocenters. The van der Waals surface area contributed by atoms with E-state index in [0.717, 1.165) is 39.3 Å². The maximum Gasteiger partial charge on any atom is 0.124 e. The monoisotopic (exact) mass is 456 g/mol. The Balaban J connectivity index is 1.66. The molecule has 0 aliphatic heterocycles. The summed E-state index contributed by atoms with van der Waals surface area (Å²) < 4.78 is 0. The van der Waals surface area contributed by atoms with Crippen molar-refractivity contribution in [2.75, 3.05) is 0 Å². The lowest BCUT2D eigenvalue weighted by Crippen LogP contribution is -2.10. The lowest BCUT2D eigenvalue weighted by atomic mass is 9.86. The van der Waals surface area contributed by atoms with Crippen molar-refractivity contribution in [2.45, 2.75) is 26.2 Å². The summed E-state index contributed by atoms with van der Waals surface area (Å²) >= 11 is 0. The SMILES string of the molecule is CC(C)(C)c1ccc(-c2cc(-c3cccc(-c4ccccn4)c3)nc(-c3ccccc3O)c2)cc1. The van der Waals surface area contributed by atoms with Crippen LogP contribution in [-0.4, -0.2) is 15.1 Å². The van der Waals surface area contributed by atoms with E-state index in [1.54, 1.807) is 12.3 Å². The Kier molecular flexibility index (Phi) is 5.92. The van der Waals surface area contributed by atoms with Crippen LogP contribution in [0.4, 0.5) is 0 Å². The number of phenolic OH excluding ortho intramolecular Hbond substituents is 1. The van der Waals surface area contributed by atoms with Gasteiger partial charge in [-0.1, -0.05) is 81.4 Å². The minimum absolute atomic E-state index is 0.0921. The molecule has 0 bridgehead atoms. The molecule has 0 fully saturated rings. The van der Waals surface area contributed by atoms with E-state index in [1.807, 2.05) is 48.5 Å². The van der Waals surface area contributed by atoms with Crippen molar-refractivity contribution in [1.29, 1.82) is 0 Å². The Bertz CT molecular complexity index is 1470. The molecule has 0 amide bonds. The van der Waals surface area contributed by atoms with Crippen molar-refractivity contribution < 1.29 is 5.11 Å². The lowest BCUT2D eigenvalue weighted by Gasteiger charge is -2.19. The highest BCUT2D eigenvalue weighted by Crippen LogP contribution is 2.35. The third kappa shape index (κ3) is 4.85. The second kappa shape index (κ2) is 9.19. The van der Waals surface area contributed by atoms with Crippen molar-refractivity contribution in [3.8, 4) is 50.6 Å². The normalized spacial score (nSPS) is 11.4. The Morgan fingerprint density at radius 1 is 0.571 bits per heavy atom. The number of hydrogen-bond acceptors (Lipinski definition) is 3. The van der Waals surface area contributed by atoms with Crippen LogP contribution in [0.1, 0.15) is 26.3 Å². The maximum absolute atomic E-state index is 10.6. The number of pyridine rings is 2. The summed E-state index contributed by atoms with van der Waals surface area (Å²) in [6.07, 6.45) is 1.80. The highest BCUT2D eigenvalue weighted by molar-refractivity contribution is 5.79. The van der Waals surface area contributed by atoms with Gasteiger partial charge in [0.15, 0.2) is 0 Å². The number of para-hydroxylation sites is 1. The van der Waals surface area contributed by atoms with Gasteiger partial charge in [-0.05, 0) is 64.6 Å². The minimum atomic E-state index is 0.0921. The molecule has 3 nitrogen and oxygen atoms in total. The van der Waals surface area contributed by atoms with Gasteiger partial charge < -0.3 is 5.11 Å². The van der Waals surface area contributed by atoms with Crippen LogP contribution in [0.2, 0.25) is 0 Å². The Morgan fingerprint density at radius 2 is 1.26 bits per heavy atom. The van der Waals surface area contributed by atoms with Gasteiger partial charge in [0.25, 0.3) is 0 Å². The first-order valence-corrected chi connectivity index (χ1v) is 11.8. The Hall–Kier alpha value is -4.24. The zero-order chi connectivity index (χ0) is 24.4. The second-order valence-corrected chi connectivity index (χ2v) is 9.77. The molecule has 0 aliphatic rings. The molecule has 0 radical (unpaired) electrons. The average Bonchev–Trinajstić information content (AvgIpc) is 2.89. The summed E-state index contributed by atoms with van der Waals surface area (Å²) in [4.78, 5) is 9.47. The zero-order valence-electron chi connectivity index (χ0n) is 20.2. The zero-order valence-corrected chi connectivity index (χ0v) is 20.2. The average molecular weight is 457 g/mol. The Labute approximate surface area is 206 Å². The van der Waals surface area contributed by atoms with Crippen molar-refractivity contribution >= 4 is 0 Å². The smallest absolute Gasteiger partial charge is 0.124 e. The third-order valence-corrected chi connectivity index (χ3v) is 6.21. The van der Waals surface area contributed by atoms with E-state index in [1.165, 1.54) is 5.56 Å². The van der Waals surface area contributed by atoms with Gasteiger partial charge in [-0.25, -0.2) is 4.98 Å². The van der Waals surface area contributed by atoms with Gasteiger partial charge in [0.05, 0.1) is 17.1 Å². The number of benzene rings is 3. The van der Waals surface area contributed by atoms with Gasteiger partial charge in [0.1, 0.15) is 5.75 Å². The Morgan fingerprint density at radius 3 is 1.94 bits per heavy atom. The summed E-state index contributed by atoms with van der Waals surface area (Å²) in [6.45, 7) is 6.66. The molecule has 0 aliphatic carbocycles. The lowest BCUT2D eigenvalue weighted by molar-refractivity contribution is 0.477. The topological polar surface area (TPSA) is 46.0 Å². The fourth-order valence-electron chi connectivity index (χ4n) is 4.21. The standard InChI is InChI=1S/C32H28N2O/c1-32(2,3)26-16-14-22(15-17-26)25-20-29(34-30(21-25)27-11-4-5-13-31(27)35)24-10-8-9-23(19-24)28-12-6-7-18-33-28/h4-21,35H,1-3H3. The van der Waals surface area contributed by atoms with E-state index < -0.39 is 0 Å². The third-order valence-electron chi connectivity index (χ3n) is 6.21. The first kappa shape index (κ1) is 22.5. The summed E-state index contributed by atoms with van der Waals surface area (Å²) in [6, 6.07) is 34.4. The number of aromatic nitrogens is 2. The van der Waals surface area contributed by atoms with Crippen LogP contribution in [0.25, 0.3) is 44.9 Å². The predicted molar refractivity (Wildman–Crippen MR) is 144 cm³/mol. The molecule has 3 heteroatoms. The minimum Gasteiger partial charge on any atom is -0.507 e. The number of nitrogens with zero attached hydrogens (tertiary/aromatic N) is 2. The molecule has 2 aromatic heterocycles.